The zero-order valence-corrected chi connectivity index (χ0v) is 11.4. The van der Waals surface area contributed by atoms with Crippen LogP contribution in [-0.4, -0.2) is 4.98 Å². The number of thioether (sulfide) groups is 1. The van der Waals surface area contributed by atoms with Crippen LogP contribution in [0.15, 0.2) is 41.4 Å². The normalized spacial score (nSPS) is 10.1. The van der Waals surface area contributed by atoms with Crippen LogP contribution in [0.5, 0.6) is 0 Å². The quantitative estimate of drug-likeness (QED) is 0.787. The lowest BCUT2D eigenvalue weighted by Crippen LogP contribution is -1.89. The van der Waals surface area contributed by atoms with Gasteiger partial charge in [0.15, 0.2) is 0 Å². The van der Waals surface area contributed by atoms with E-state index in [2.05, 4.69) is 11.1 Å². The Kier molecular flexibility index (Phi) is 4.24. The van der Waals surface area contributed by atoms with Crippen molar-refractivity contribution in [3.05, 3.63) is 58.2 Å². The summed E-state index contributed by atoms with van der Waals surface area (Å²) in [4.78, 5) is 4.40. The van der Waals surface area contributed by atoms with Crippen LogP contribution in [0.4, 0.5) is 0 Å². The second-order valence-corrected chi connectivity index (χ2v) is 5.23. The van der Waals surface area contributed by atoms with Crippen LogP contribution in [0.1, 0.15) is 16.8 Å². The van der Waals surface area contributed by atoms with Crippen LogP contribution < -0.4 is 0 Å². The van der Waals surface area contributed by atoms with E-state index in [9.17, 15) is 0 Å². The van der Waals surface area contributed by atoms with E-state index in [1.54, 1.807) is 23.9 Å². The Hall–Kier alpha value is -1.50. The number of nitriles is 1. The summed E-state index contributed by atoms with van der Waals surface area (Å²) in [5.74, 6) is 0.751. The zero-order valence-electron chi connectivity index (χ0n) is 9.85. The molecule has 0 fully saturated rings. The number of nitrogens with zero attached hydrogens (tertiary/aromatic N) is 2. The van der Waals surface area contributed by atoms with Gasteiger partial charge in [-0.25, -0.2) is 4.98 Å². The molecule has 0 bridgehead atoms. The van der Waals surface area contributed by atoms with Crippen molar-refractivity contribution in [2.24, 2.45) is 0 Å². The smallest absolute Gasteiger partial charge is 0.0993 e. The zero-order chi connectivity index (χ0) is 13.0. The molecule has 2 rings (SSSR count). The van der Waals surface area contributed by atoms with Gasteiger partial charge in [0, 0.05) is 16.5 Å². The summed E-state index contributed by atoms with van der Waals surface area (Å²) in [5.41, 5.74) is 2.57. The van der Waals surface area contributed by atoms with Gasteiger partial charge in [-0.05, 0) is 30.7 Å². The molecule has 0 saturated carbocycles. The number of aryl methyl sites for hydroxylation is 1. The van der Waals surface area contributed by atoms with E-state index in [0.717, 1.165) is 27.1 Å². The molecular formula is C14H11ClN2S. The van der Waals surface area contributed by atoms with Crippen LogP contribution in [0.25, 0.3) is 0 Å². The predicted molar refractivity (Wildman–Crippen MR) is 74.7 cm³/mol. The molecule has 4 heteroatoms. The van der Waals surface area contributed by atoms with E-state index in [-0.39, 0.29) is 0 Å². The fourth-order valence-electron chi connectivity index (χ4n) is 1.54. The average molecular weight is 275 g/mol. The number of benzene rings is 1. The van der Waals surface area contributed by atoms with Gasteiger partial charge in [-0.1, -0.05) is 29.8 Å². The van der Waals surface area contributed by atoms with E-state index in [4.69, 9.17) is 16.9 Å². The molecule has 0 atom stereocenters. The third-order valence-corrected chi connectivity index (χ3v) is 3.72. The number of pyridine rings is 1. The first kappa shape index (κ1) is 12.9. The minimum absolute atomic E-state index is 0.643. The van der Waals surface area contributed by atoms with Gasteiger partial charge in [0.2, 0.25) is 0 Å². The van der Waals surface area contributed by atoms with E-state index < -0.39 is 0 Å². The Labute approximate surface area is 116 Å². The van der Waals surface area contributed by atoms with E-state index in [1.165, 1.54) is 0 Å². The van der Waals surface area contributed by atoms with Gasteiger partial charge >= 0.3 is 0 Å². The van der Waals surface area contributed by atoms with Crippen LogP contribution in [-0.2, 0) is 5.75 Å². The van der Waals surface area contributed by atoms with Crippen molar-refractivity contribution in [1.29, 1.82) is 5.26 Å². The topological polar surface area (TPSA) is 36.7 Å². The van der Waals surface area contributed by atoms with Gasteiger partial charge < -0.3 is 0 Å². The second kappa shape index (κ2) is 5.90. The van der Waals surface area contributed by atoms with Crippen molar-refractivity contribution >= 4 is 23.4 Å². The number of aromatic nitrogens is 1. The van der Waals surface area contributed by atoms with Crippen LogP contribution >= 0.6 is 23.4 Å². The Morgan fingerprint density at radius 1 is 1.33 bits per heavy atom. The monoisotopic (exact) mass is 274 g/mol. The van der Waals surface area contributed by atoms with Gasteiger partial charge in [-0.15, -0.1) is 11.8 Å². The van der Waals surface area contributed by atoms with Gasteiger partial charge in [-0.3, -0.25) is 0 Å². The molecule has 0 unspecified atom stereocenters. The van der Waals surface area contributed by atoms with Crippen molar-refractivity contribution in [1.82, 2.24) is 4.98 Å². The van der Waals surface area contributed by atoms with Gasteiger partial charge in [0.05, 0.1) is 16.7 Å². The minimum Gasteiger partial charge on any atom is -0.247 e. The van der Waals surface area contributed by atoms with Gasteiger partial charge in [-0.2, -0.15) is 5.26 Å². The Bertz CT molecular complexity index is 605. The molecule has 0 N–H and O–H groups in total. The molecule has 1 aromatic carbocycles. The maximum absolute atomic E-state index is 8.91. The highest BCUT2D eigenvalue weighted by atomic mass is 35.5. The molecule has 0 radical (unpaired) electrons. The Morgan fingerprint density at radius 2 is 2.11 bits per heavy atom. The number of hydrogen-bond donors (Lipinski definition) is 0. The molecule has 2 aromatic rings. The molecule has 18 heavy (non-hydrogen) atoms. The van der Waals surface area contributed by atoms with Gasteiger partial charge in [0.25, 0.3) is 0 Å². The Morgan fingerprint density at radius 3 is 2.83 bits per heavy atom. The number of hydrogen-bond acceptors (Lipinski definition) is 3. The molecule has 2 nitrogen and oxygen atoms in total. The highest BCUT2D eigenvalue weighted by molar-refractivity contribution is 7.98. The molecule has 0 aliphatic heterocycles. The molecule has 0 aliphatic rings. The fraction of sp³-hybridized carbons (Fsp3) is 0.143. The predicted octanol–water partition coefficient (Wildman–Crippen LogP) is 4.21. The third kappa shape index (κ3) is 3.25. The molecule has 0 saturated heterocycles. The van der Waals surface area contributed by atoms with Crippen LogP contribution in [0, 0.1) is 18.3 Å². The standard InChI is InChI=1S/C14H11ClN2S/c1-10-6-11(8-16)7-14(17-10)18-9-12-4-2-3-5-13(12)15/h2-7H,9H2,1H3. The fourth-order valence-corrected chi connectivity index (χ4v) is 2.80. The lowest BCUT2D eigenvalue weighted by atomic mass is 10.2. The molecule has 90 valence electrons. The molecule has 0 amide bonds. The second-order valence-electron chi connectivity index (χ2n) is 3.83. The lowest BCUT2D eigenvalue weighted by molar-refractivity contribution is 1.06. The van der Waals surface area contributed by atoms with Crippen LogP contribution in [0.3, 0.4) is 0 Å². The average Bonchev–Trinajstić information content (AvgIpc) is 2.37. The van der Waals surface area contributed by atoms with Crippen molar-refractivity contribution in [2.75, 3.05) is 0 Å². The first-order valence-corrected chi connectivity index (χ1v) is 6.80. The van der Waals surface area contributed by atoms with Crippen LogP contribution in [0.2, 0.25) is 5.02 Å². The summed E-state index contributed by atoms with van der Waals surface area (Å²) in [6.45, 7) is 1.89. The first-order valence-electron chi connectivity index (χ1n) is 5.44. The highest BCUT2D eigenvalue weighted by Gasteiger charge is 2.03. The SMILES string of the molecule is Cc1cc(C#N)cc(SCc2ccccc2Cl)n1. The lowest BCUT2D eigenvalue weighted by Gasteiger charge is -2.04. The first-order chi connectivity index (χ1) is 8.69. The summed E-state index contributed by atoms with van der Waals surface area (Å²) in [5, 5.41) is 10.5. The number of rotatable bonds is 3. The molecule has 1 aromatic heterocycles. The summed E-state index contributed by atoms with van der Waals surface area (Å²) in [6.07, 6.45) is 0. The van der Waals surface area contributed by atoms with Crippen molar-refractivity contribution < 1.29 is 0 Å². The van der Waals surface area contributed by atoms with E-state index in [1.807, 2.05) is 31.2 Å². The maximum Gasteiger partial charge on any atom is 0.0993 e. The summed E-state index contributed by atoms with van der Waals surface area (Å²) < 4.78 is 0. The molecular weight excluding hydrogens is 264 g/mol. The summed E-state index contributed by atoms with van der Waals surface area (Å²) in [7, 11) is 0. The van der Waals surface area contributed by atoms with E-state index >= 15 is 0 Å². The summed E-state index contributed by atoms with van der Waals surface area (Å²) in [6, 6.07) is 13.5. The largest absolute Gasteiger partial charge is 0.247 e. The van der Waals surface area contributed by atoms with Gasteiger partial charge in [0.1, 0.15) is 0 Å². The maximum atomic E-state index is 8.91. The van der Waals surface area contributed by atoms with Crippen molar-refractivity contribution in [2.45, 2.75) is 17.7 Å². The summed E-state index contributed by atoms with van der Waals surface area (Å²) >= 11 is 7.68. The molecule has 0 spiro atoms. The van der Waals surface area contributed by atoms with Crippen molar-refractivity contribution in [3.63, 3.8) is 0 Å². The number of halogens is 1. The van der Waals surface area contributed by atoms with Crippen molar-refractivity contribution in [3.8, 4) is 6.07 Å². The Balaban J connectivity index is 2.14. The minimum atomic E-state index is 0.643. The van der Waals surface area contributed by atoms with E-state index in [0.29, 0.717) is 5.56 Å². The molecule has 0 aliphatic carbocycles. The third-order valence-electron chi connectivity index (χ3n) is 2.39. The highest BCUT2D eigenvalue weighted by Crippen LogP contribution is 2.26. The molecule has 1 heterocycles.